The summed E-state index contributed by atoms with van der Waals surface area (Å²) >= 11 is 1.39. The van der Waals surface area contributed by atoms with E-state index in [9.17, 15) is 14.4 Å². The Labute approximate surface area is 221 Å². The van der Waals surface area contributed by atoms with E-state index in [-0.39, 0.29) is 30.3 Å². The lowest BCUT2D eigenvalue weighted by atomic mass is 10.1. The summed E-state index contributed by atoms with van der Waals surface area (Å²) in [6, 6.07) is 9.54. The second-order valence-corrected chi connectivity index (χ2v) is 10.1. The molecule has 2 aliphatic heterocycles. The molecule has 4 rings (SSSR count). The van der Waals surface area contributed by atoms with Crippen LogP contribution in [0.15, 0.2) is 41.8 Å². The highest BCUT2D eigenvalue weighted by molar-refractivity contribution is 7.12. The van der Waals surface area contributed by atoms with Crippen LogP contribution in [0.25, 0.3) is 0 Å². The fourth-order valence-corrected chi connectivity index (χ4v) is 5.49. The van der Waals surface area contributed by atoms with Crippen molar-refractivity contribution in [2.75, 3.05) is 66.1 Å². The van der Waals surface area contributed by atoms with Gasteiger partial charge < -0.3 is 30.3 Å². The molecule has 1 aromatic carbocycles. The van der Waals surface area contributed by atoms with Crippen LogP contribution in [0.5, 0.6) is 5.75 Å². The molecule has 0 aliphatic carbocycles. The van der Waals surface area contributed by atoms with E-state index in [1.807, 2.05) is 22.4 Å². The zero-order valence-corrected chi connectivity index (χ0v) is 22.0. The Bertz CT molecular complexity index is 1060. The second kappa shape index (κ2) is 13.0. The Morgan fingerprint density at radius 1 is 1.22 bits per heavy atom. The van der Waals surface area contributed by atoms with Crippen molar-refractivity contribution in [1.29, 1.82) is 0 Å². The number of carbonyl (C=O) groups excluding carboxylic acids is 3. The maximum atomic E-state index is 13.6. The molecule has 37 heavy (non-hydrogen) atoms. The van der Waals surface area contributed by atoms with Crippen LogP contribution in [0.4, 0.5) is 0 Å². The highest BCUT2D eigenvalue weighted by atomic mass is 32.1. The number of methoxy groups -OCH3 is 1. The minimum atomic E-state index is -0.711. The van der Waals surface area contributed by atoms with Gasteiger partial charge in [-0.15, -0.1) is 11.3 Å². The van der Waals surface area contributed by atoms with Crippen LogP contribution in [0.1, 0.15) is 26.5 Å². The number of thiophene rings is 1. The maximum Gasteiger partial charge on any atom is 0.264 e. The number of hydrogen-bond acceptors (Lipinski definition) is 8. The van der Waals surface area contributed by atoms with Crippen LogP contribution >= 0.6 is 11.3 Å². The second-order valence-electron chi connectivity index (χ2n) is 9.10. The Kier molecular flexibility index (Phi) is 9.51. The van der Waals surface area contributed by atoms with Gasteiger partial charge in [-0.25, -0.2) is 0 Å². The predicted molar refractivity (Wildman–Crippen MR) is 141 cm³/mol. The lowest BCUT2D eigenvalue weighted by molar-refractivity contribution is -0.124. The largest absolute Gasteiger partial charge is 0.497 e. The minimum Gasteiger partial charge on any atom is -0.497 e. The van der Waals surface area contributed by atoms with Gasteiger partial charge in [0.1, 0.15) is 11.8 Å². The first kappa shape index (κ1) is 27.1. The number of nitrogens with two attached hydrogens (primary N) is 1. The van der Waals surface area contributed by atoms with Crippen LogP contribution in [-0.4, -0.2) is 111 Å². The Morgan fingerprint density at radius 3 is 2.73 bits per heavy atom. The molecule has 200 valence electrons. The average molecular weight is 530 g/mol. The third-order valence-corrected chi connectivity index (χ3v) is 7.66. The molecule has 0 bridgehead atoms. The van der Waals surface area contributed by atoms with Gasteiger partial charge in [0.05, 0.1) is 31.2 Å². The first-order chi connectivity index (χ1) is 18.0. The summed E-state index contributed by atoms with van der Waals surface area (Å²) in [6.07, 6.45) is 0.354. The van der Waals surface area contributed by atoms with E-state index in [1.165, 1.54) is 11.3 Å². The molecule has 1 aromatic heterocycles. The summed E-state index contributed by atoms with van der Waals surface area (Å²) in [4.78, 5) is 46.7. The lowest BCUT2D eigenvalue weighted by Gasteiger charge is -2.33. The van der Waals surface area contributed by atoms with Crippen molar-refractivity contribution in [2.45, 2.75) is 18.5 Å². The average Bonchev–Trinajstić information content (AvgIpc) is 3.63. The van der Waals surface area contributed by atoms with E-state index < -0.39 is 6.04 Å². The van der Waals surface area contributed by atoms with Crippen LogP contribution < -0.4 is 15.8 Å². The zero-order valence-electron chi connectivity index (χ0n) is 21.1. The normalized spacial score (nSPS) is 20.0. The summed E-state index contributed by atoms with van der Waals surface area (Å²) in [5.41, 5.74) is 6.03. The highest BCUT2D eigenvalue weighted by Crippen LogP contribution is 2.27. The van der Waals surface area contributed by atoms with Gasteiger partial charge in [0.2, 0.25) is 5.91 Å². The van der Waals surface area contributed by atoms with Crippen LogP contribution in [0.3, 0.4) is 0 Å². The summed E-state index contributed by atoms with van der Waals surface area (Å²) in [7, 11) is 1.54. The van der Waals surface area contributed by atoms with Crippen molar-refractivity contribution in [2.24, 2.45) is 5.73 Å². The fraction of sp³-hybridized carbons (Fsp3) is 0.500. The Balaban J connectivity index is 1.58. The van der Waals surface area contributed by atoms with Crippen LogP contribution in [0, 0.1) is 0 Å². The van der Waals surface area contributed by atoms with Crippen LogP contribution in [-0.2, 0) is 9.53 Å². The lowest BCUT2D eigenvalue weighted by Crippen LogP contribution is -2.48. The number of nitrogens with one attached hydrogen (secondary N) is 1. The van der Waals surface area contributed by atoms with Gasteiger partial charge in [0.15, 0.2) is 0 Å². The SMILES string of the molecule is COc1cccc(C(=O)N2CC(N(CCN3CCOCC3)C(=O)c3cccs3)CC2C(=O)NCCN)c1. The molecule has 2 atom stereocenters. The summed E-state index contributed by atoms with van der Waals surface area (Å²) in [5.74, 6) is -0.0531. The molecule has 11 heteroatoms. The number of hydrogen-bond donors (Lipinski definition) is 2. The summed E-state index contributed by atoms with van der Waals surface area (Å²) in [5, 5.41) is 4.71. The first-order valence-electron chi connectivity index (χ1n) is 12.6. The van der Waals surface area contributed by atoms with Gasteiger partial charge in [-0.3, -0.25) is 19.3 Å². The first-order valence-corrected chi connectivity index (χ1v) is 13.5. The van der Waals surface area contributed by atoms with Crippen molar-refractivity contribution < 1.29 is 23.9 Å². The van der Waals surface area contributed by atoms with Crippen molar-refractivity contribution in [3.8, 4) is 5.75 Å². The van der Waals surface area contributed by atoms with E-state index in [2.05, 4.69) is 10.2 Å². The number of amides is 3. The topological polar surface area (TPSA) is 117 Å². The molecular weight excluding hydrogens is 494 g/mol. The third-order valence-electron chi connectivity index (χ3n) is 6.80. The van der Waals surface area contributed by atoms with Gasteiger partial charge in [0.25, 0.3) is 11.8 Å². The third kappa shape index (κ3) is 6.67. The summed E-state index contributed by atoms with van der Waals surface area (Å²) < 4.78 is 10.7. The monoisotopic (exact) mass is 529 g/mol. The molecule has 2 unspecified atom stereocenters. The molecule has 2 fully saturated rings. The summed E-state index contributed by atoms with van der Waals surface area (Å²) in [6.45, 7) is 5.06. The minimum absolute atomic E-state index is 0.0787. The smallest absolute Gasteiger partial charge is 0.264 e. The van der Waals surface area contributed by atoms with Gasteiger partial charge in [0, 0.05) is 51.4 Å². The van der Waals surface area contributed by atoms with Crippen molar-refractivity contribution in [3.05, 3.63) is 52.2 Å². The molecule has 2 aliphatic rings. The van der Waals surface area contributed by atoms with Crippen LogP contribution in [0.2, 0.25) is 0 Å². The number of ether oxygens (including phenoxy) is 2. The number of likely N-dealkylation sites (tertiary alicyclic amines) is 1. The predicted octanol–water partition coefficient (Wildman–Crippen LogP) is 0.889. The van der Waals surface area contributed by atoms with Crippen molar-refractivity contribution in [1.82, 2.24) is 20.0 Å². The number of rotatable bonds is 10. The molecule has 3 heterocycles. The van der Waals surface area contributed by atoms with Gasteiger partial charge in [-0.05, 0) is 36.1 Å². The molecule has 0 saturated carbocycles. The maximum absolute atomic E-state index is 13.6. The van der Waals surface area contributed by atoms with Gasteiger partial charge in [-0.2, -0.15) is 0 Å². The zero-order chi connectivity index (χ0) is 26.2. The molecule has 3 N–H and O–H groups in total. The van der Waals surface area contributed by atoms with E-state index in [4.69, 9.17) is 15.2 Å². The van der Waals surface area contributed by atoms with E-state index in [0.29, 0.717) is 62.0 Å². The number of carbonyl (C=O) groups is 3. The molecule has 3 amide bonds. The highest BCUT2D eigenvalue weighted by Gasteiger charge is 2.43. The number of morpholine rings is 1. The Hall–Kier alpha value is -2.99. The Morgan fingerprint density at radius 2 is 2.03 bits per heavy atom. The van der Waals surface area contributed by atoms with Gasteiger partial charge >= 0.3 is 0 Å². The molecule has 10 nitrogen and oxygen atoms in total. The molecule has 0 radical (unpaired) electrons. The van der Waals surface area contributed by atoms with E-state index >= 15 is 0 Å². The number of nitrogens with zero attached hydrogens (tertiary/aromatic N) is 3. The van der Waals surface area contributed by atoms with E-state index in [0.717, 1.165) is 13.1 Å². The molecular formula is C26H35N5O5S. The van der Waals surface area contributed by atoms with Crippen molar-refractivity contribution >= 4 is 29.1 Å². The molecule has 0 spiro atoms. The molecule has 2 saturated heterocycles. The quantitative estimate of drug-likeness (QED) is 0.469. The standard InChI is InChI=1S/C26H35N5O5S/c1-35-21-5-2-4-19(16-21)25(33)31-18-20(17-22(31)24(32)28-8-7-27)30(26(34)23-6-3-15-37-23)10-9-29-11-13-36-14-12-29/h2-6,15-16,20,22H,7-14,17-18,27H2,1H3,(H,28,32). The fourth-order valence-electron chi connectivity index (χ4n) is 4.81. The van der Waals surface area contributed by atoms with Crippen molar-refractivity contribution in [3.63, 3.8) is 0 Å². The number of benzene rings is 1. The van der Waals surface area contributed by atoms with E-state index in [1.54, 1.807) is 36.3 Å². The molecule has 2 aromatic rings. The van der Waals surface area contributed by atoms with Gasteiger partial charge in [-0.1, -0.05) is 12.1 Å².